The number of nitro benzene ring substituents is 1. The fourth-order valence-electron chi connectivity index (χ4n) is 1.17. The molecule has 0 spiro atoms. The molecule has 1 aromatic rings. The first kappa shape index (κ1) is 15.0. The molecule has 19 heavy (non-hydrogen) atoms. The first-order chi connectivity index (χ1) is 8.69. The number of rotatable bonds is 4. The number of amides is 1. The summed E-state index contributed by atoms with van der Waals surface area (Å²) in [6, 6.07) is 1.01. The molecule has 8 heteroatoms. The van der Waals surface area contributed by atoms with Crippen molar-refractivity contribution in [3.05, 3.63) is 33.9 Å². The highest BCUT2D eigenvalue weighted by Crippen LogP contribution is 2.25. The molecule has 0 unspecified atom stereocenters. The molecule has 0 aliphatic rings. The van der Waals surface area contributed by atoms with Crippen molar-refractivity contribution < 1.29 is 18.5 Å². The Labute approximate surface area is 108 Å². The van der Waals surface area contributed by atoms with Gasteiger partial charge in [-0.15, -0.1) is 0 Å². The minimum atomic E-state index is -1.30. The topological polar surface area (TPSA) is 84.3 Å². The van der Waals surface area contributed by atoms with Crippen LogP contribution in [0.4, 0.5) is 20.2 Å². The normalized spacial score (nSPS) is 11.2. The summed E-state index contributed by atoms with van der Waals surface area (Å²) in [6.07, 6.45) is 0. The second kappa shape index (κ2) is 5.27. The minimum absolute atomic E-state index is 0.361. The van der Waals surface area contributed by atoms with E-state index in [-0.39, 0.29) is 0 Å². The molecule has 1 rings (SSSR count). The van der Waals surface area contributed by atoms with E-state index in [1.54, 1.807) is 0 Å². The van der Waals surface area contributed by atoms with Gasteiger partial charge in [-0.3, -0.25) is 14.9 Å². The fraction of sp³-hybridized carbons (Fsp3) is 0.364. The Balaban J connectivity index is 3.12. The number of hydrogen-bond acceptors (Lipinski definition) is 4. The fourth-order valence-corrected chi connectivity index (χ4v) is 1.17. The van der Waals surface area contributed by atoms with Crippen LogP contribution in [0.25, 0.3) is 0 Å². The summed E-state index contributed by atoms with van der Waals surface area (Å²) in [5.74, 6) is -2.98. The van der Waals surface area contributed by atoms with Gasteiger partial charge in [0.25, 0.3) is 0 Å². The van der Waals surface area contributed by atoms with Crippen molar-refractivity contribution in [3.63, 3.8) is 0 Å². The second-order valence-corrected chi connectivity index (χ2v) is 4.37. The summed E-state index contributed by atoms with van der Waals surface area (Å²) >= 11 is 0. The minimum Gasteiger partial charge on any atom is -0.322 e. The van der Waals surface area contributed by atoms with E-state index in [2.05, 4.69) is 10.6 Å². The molecule has 0 saturated carbocycles. The van der Waals surface area contributed by atoms with Crippen LogP contribution in [0.3, 0.4) is 0 Å². The summed E-state index contributed by atoms with van der Waals surface area (Å²) in [4.78, 5) is 21.3. The highest BCUT2D eigenvalue weighted by Gasteiger charge is 2.27. The molecule has 0 atom stereocenters. The molecule has 0 heterocycles. The standard InChI is InChI=1S/C11H13F2N3O3/c1-11(2,14-3)10(17)15-8-5-9(16(18)19)7(13)4-6(8)12/h4-5,14H,1-3H3,(H,15,17). The molecule has 0 aliphatic carbocycles. The van der Waals surface area contributed by atoms with Crippen molar-refractivity contribution in [1.82, 2.24) is 5.32 Å². The summed E-state index contributed by atoms with van der Waals surface area (Å²) in [5, 5.41) is 15.4. The van der Waals surface area contributed by atoms with Crippen molar-refractivity contribution in [1.29, 1.82) is 0 Å². The van der Waals surface area contributed by atoms with Gasteiger partial charge in [-0.25, -0.2) is 4.39 Å². The monoisotopic (exact) mass is 273 g/mol. The van der Waals surface area contributed by atoms with Gasteiger partial charge in [-0.05, 0) is 20.9 Å². The van der Waals surface area contributed by atoms with E-state index in [0.717, 1.165) is 0 Å². The first-order valence-corrected chi connectivity index (χ1v) is 5.33. The van der Waals surface area contributed by atoms with E-state index in [1.807, 2.05) is 0 Å². The Morgan fingerprint density at radius 1 is 1.32 bits per heavy atom. The van der Waals surface area contributed by atoms with E-state index >= 15 is 0 Å². The number of likely N-dealkylation sites (N-methyl/N-ethyl adjacent to an activating group) is 1. The zero-order valence-corrected chi connectivity index (χ0v) is 10.6. The maximum Gasteiger partial charge on any atom is 0.307 e. The molecule has 104 valence electrons. The molecule has 0 fully saturated rings. The third kappa shape index (κ3) is 3.22. The number of nitrogens with zero attached hydrogens (tertiary/aromatic N) is 1. The molecule has 0 aliphatic heterocycles. The predicted octanol–water partition coefficient (Wildman–Crippen LogP) is 1.81. The van der Waals surface area contributed by atoms with Gasteiger partial charge in [0.05, 0.1) is 16.1 Å². The summed E-state index contributed by atoms with van der Waals surface area (Å²) in [7, 11) is 1.53. The second-order valence-electron chi connectivity index (χ2n) is 4.37. The van der Waals surface area contributed by atoms with Crippen LogP contribution < -0.4 is 10.6 Å². The Morgan fingerprint density at radius 2 is 1.89 bits per heavy atom. The lowest BCUT2D eigenvalue weighted by Crippen LogP contribution is -2.48. The number of carbonyl (C=O) groups excluding carboxylic acids is 1. The average molecular weight is 273 g/mol. The number of carbonyl (C=O) groups is 1. The predicted molar refractivity (Wildman–Crippen MR) is 64.8 cm³/mol. The lowest BCUT2D eigenvalue weighted by atomic mass is 10.1. The lowest BCUT2D eigenvalue weighted by molar-refractivity contribution is -0.387. The molecule has 2 N–H and O–H groups in total. The summed E-state index contributed by atoms with van der Waals surface area (Å²) in [6.45, 7) is 3.08. The Kier molecular flexibility index (Phi) is 4.15. The molecule has 1 amide bonds. The SMILES string of the molecule is CNC(C)(C)C(=O)Nc1cc([N+](=O)[O-])c(F)cc1F. The van der Waals surface area contributed by atoms with Crippen LogP contribution >= 0.6 is 0 Å². The van der Waals surface area contributed by atoms with Crippen molar-refractivity contribution in [3.8, 4) is 0 Å². The van der Waals surface area contributed by atoms with Crippen LogP contribution in [-0.4, -0.2) is 23.4 Å². The van der Waals surface area contributed by atoms with Gasteiger partial charge in [0, 0.05) is 12.1 Å². The van der Waals surface area contributed by atoms with Crippen molar-refractivity contribution in [2.75, 3.05) is 12.4 Å². The molecular weight excluding hydrogens is 260 g/mol. The van der Waals surface area contributed by atoms with E-state index in [4.69, 9.17) is 0 Å². The largest absolute Gasteiger partial charge is 0.322 e. The van der Waals surface area contributed by atoms with Crippen molar-refractivity contribution >= 4 is 17.3 Å². The van der Waals surface area contributed by atoms with Gasteiger partial charge in [-0.2, -0.15) is 4.39 Å². The molecule has 1 aromatic carbocycles. The van der Waals surface area contributed by atoms with Gasteiger partial charge in [-0.1, -0.05) is 0 Å². The van der Waals surface area contributed by atoms with Crippen LogP contribution in [0, 0.1) is 21.7 Å². The van der Waals surface area contributed by atoms with Crippen LogP contribution in [0.15, 0.2) is 12.1 Å². The zero-order chi connectivity index (χ0) is 14.8. The van der Waals surface area contributed by atoms with Crippen LogP contribution in [0.1, 0.15) is 13.8 Å². The van der Waals surface area contributed by atoms with E-state index < -0.39 is 39.4 Å². The van der Waals surface area contributed by atoms with E-state index in [9.17, 15) is 23.7 Å². The molecule has 0 saturated heterocycles. The third-order valence-corrected chi connectivity index (χ3v) is 2.67. The number of halogens is 2. The molecular formula is C11H13F2N3O3. The number of hydrogen-bond donors (Lipinski definition) is 2. The Bertz CT molecular complexity index is 532. The van der Waals surface area contributed by atoms with Crippen molar-refractivity contribution in [2.45, 2.75) is 19.4 Å². The van der Waals surface area contributed by atoms with Crippen LogP contribution in [0.5, 0.6) is 0 Å². The van der Waals surface area contributed by atoms with Gasteiger partial charge >= 0.3 is 5.69 Å². The number of nitro groups is 1. The maximum atomic E-state index is 13.4. The highest BCUT2D eigenvalue weighted by atomic mass is 19.1. The van der Waals surface area contributed by atoms with Crippen LogP contribution in [0.2, 0.25) is 0 Å². The van der Waals surface area contributed by atoms with Gasteiger partial charge < -0.3 is 10.6 Å². The number of benzene rings is 1. The summed E-state index contributed by atoms with van der Waals surface area (Å²) in [5.41, 5.74) is -2.35. The van der Waals surface area contributed by atoms with Crippen molar-refractivity contribution in [2.24, 2.45) is 0 Å². The number of anilines is 1. The Morgan fingerprint density at radius 3 is 2.37 bits per heavy atom. The molecule has 0 aromatic heterocycles. The lowest BCUT2D eigenvalue weighted by Gasteiger charge is -2.22. The van der Waals surface area contributed by atoms with Gasteiger partial charge in [0.2, 0.25) is 11.7 Å². The first-order valence-electron chi connectivity index (χ1n) is 5.33. The highest BCUT2D eigenvalue weighted by molar-refractivity contribution is 5.97. The van der Waals surface area contributed by atoms with Gasteiger partial charge in [0.1, 0.15) is 5.82 Å². The quantitative estimate of drug-likeness (QED) is 0.647. The zero-order valence-electron chi connectivity index (χ0n) is 10.6. The molecule has 0 radical (unpaired) electrons. The maximum absolute atomic E-state index is 13.4. The molecule has 0 bridgehead atoms. The van der Waals surface area contributed by atoms with E-state index in [1.165, 1.54) is 20.9 Å². The van der Waals surface area contributed by atoms with Gasteiger partial charge in [0.15, 0.2) is 0 Å². The Hall–Kier alpha value is -2.09. The summed E-state index contributed by atoms with van der Waals surface area (Å²) < 4.78 is 26.6. The molecule has 6 nitrogen and oxygen atoms in total. The smallest absolute Gasteiger partial charge is 0.307 e. The number of nitrogens with one attached hydrogen (secondary N) is 2. The third-order valence-electron chi connectivity index (χ3n) is 2.67. The average Bonchev–Trinajstić information content (AvgIpc) is 2.31. The van der Waals surface area contributed by atoms with E-state index in [0.29, 0.717) is 12.1 Å². The van der Waals surface area contributed by atoms with Crippen LogP contribution in [-0.2, 0) is 4.79 Å².